The fourth-order valence-corrected chi connectivity index (χ4v) is 2.84. The molecule has 0 spiro atoms. The molecule has 0 aliphatic carbocycles. The predicted molar refractivity (Wildman–Crippen MR) is 81.4 cm³/mol. The van der Waals surface area contributed by atoms with E-state index in [1.165, 1.54) is 24.1 Å². The number of hydrogen-bond acceptors (Lipinski definition) is 1. The van der Waals surface area contributed by atoms with Gasteiger partial charge in [-0.05, 0) is 38.7 Å². The van der Waals surface area contributed by atoms with Crippen LogP contribution < -0.4 is 0 Å². The van der Waals surface area contributed by atoms with Gasteiger partial charge in [-0.1, -0.05) is 44.4 Å². The Labute approximate surface area is 113 Å². The zero-order chi connectivity index (χ0) is 13.5. The molecule has 1 heterocycles. The highest BCUT2D eigenvalue weighted by Gasteiger charge is 2.26. The Bertz CT molecular complexity index is 349. The Morgan fingerprint density at radius 2 is 2.22 bits per heavy atom. The summed E-state index contributed by atoms with van der Waals surface area (Å²) in [4.78, 5) is 2.48. The summed E-state index contributed by atoms with van der Waals surface area (Å²) >= 11 is 0. The Morgan fingerprint density at radius 3 is 2.67 bits per heavy atom. The molecule has 0 bridgehead atoms. The van der Waals surface area contributed by atoms with Gasteiger partial charge in [-0.3, -0.25) is 0 Å². The van der Waals surface area contributed by atoms with Gasteiger partial charge in [0.1, 0.15) is 0 Å². The lowest BCUT2D eigenvalue weighted by molar-refractivity contribution is 0.308. The molecule has 0 radical (unpaired) electrons. The van der Waals surface area contributed by atoms with Crippen molar-refractivity contribution in [3.63, 3.8) is 0 Å². The summed E-state index contributed by atoms with van der Waals surface area (Å²) in [5, 5.41) is 0. The maximum absolute atomic E-state index is 4.36. The van der Waals surface area contributed by atoms with Crippen molar-refractivity contribution in [1.29, 1.82) is 0 Å². The van der Waals surface area contributed by atoms with Crippen molar-refractivity contribution < 1.29 is 0 Å². The molecule has 1 rings (SSSR count). The molecule has 0 aromatic heterocycles. The van der Waals surface area contributed by atoms with Crippen LogP contribution in [0.1, 0.15) is 40.0 Å². The molecular weight excluding hydrogens is 218 g/mol. The highest BCUT2D eigenvalue weighted by atomic mass is 15.2. The van der Waals surface area contributed by atoms with E-state index in [9.17, 15) is 0 Å². The van der Waals surface area contributed by atoms with Gasteiger partial charge < -0.3 is 4.90 Å². The second kappa shape index (κ2) is 7.25. The third-order valence-electron chi connectivity index (χ3n) is 3.80. The van der Waals surface area contributed by atoms with Crippen LogP contribution in [-0.4, -0.2) is 17.5 Å². The zero-order valence-electron chi connectivity index (χ0n) is 12.2. The standard InChI is InChI=1S/C17H27N/c1-6-10-16(11-7-2)17(8-3)15(5)18-13-9-12-14(18)4/h6-7,10-11,14,17H,1,5,8-9,12-13H2,2-4H3/b11-7-,16-10+/t14-,17?/m1/s1. The van der Waals surface area contributed by atoms with E-state index < -0.39 is 0 Å². The van der Waals surface area contributed by atoms with Gasteiger partial charge in [-0.25, -0.2) is 0 Å². The number of hydrogen-bond donors (Lipinski definition) is 0. The van der Waals surface area contributed by atoms with E-state index in [2.05, 4.69) is 57.1 Å². The maximum Gasteiger partial charge on any atom is 0.0259 e. The topological polar surface area (TPSA) is 3.24 Å². The first-order valence-electron chi connectivity index (χ1n) is 7.06. The largest absolute Gasteiger partial charge is 0.372 e. The lowest BCUT2D eigenvalue weighted by Gasteiger charge is -2.32. The van der Waals surface area contributed by atoms with E-state index in [4.69, 9.17) is 0 Å². The van der Waals surface area contributed by atoms with Crippen molar-refractivity contribution in [2.24, 2.45) is 5.92 Å². The lowest BCUT2D eigenvalue weighted by Crippen LogP contribution is -2.30. The van der Waals surface area contributed by atoms with E-state index in [1.807, 2.05) is 6.08 Å². The number of likely N-dealkylation sites (tertiary alicyclic amines) is 1. The van der Waals surface area contributed by atoms with Crippen molar-refractivity contribution in [3.05, 3.63) is 48.7 Å². The fraction of sp³-hybridized carbons (Fsp3) is 0.529. The Hall–Kier alpha value is -1.24. The Morgan fingerprint density at radius 1 is 1.50 bits per heavy atom. The minimum atomic E-state index is 0.416. The van der Waals surface area contributed by atoms with Crippen LogP contribution >= 0.6 is 0 Å². The van der Waals surface area contributed by atoms with Crippen molar-refractivity contribution >= 4 is 0 Å². The molecule has 1 aliphatic rings. The Kier molecular flexibility index (Phi) is 5.97. The van der Waals surface area contributed by atoms with Crippen LogP contribution in [0.4, 0.5) is 0 Å². The predicted octanol–water partition coefficient (Wildman–Crippen LogP) is 4.70. The molecule has 0 aromatic rings. The molecule has 1 saturated heterocycles. The van der Waals surface area contributed by atoms with E-state index in [1.54, 1.807) is 0 Å². The highest BCUT2D eigenvalue weighted by Crippen LogP contribution is 2.31. The van der Waals surface area contributed by atoms with Crippen LogP contribution in [0, 0.1) is 5.92 Å². The molecule has 1 aliphatic heterocycles. The van der Waals surface area contributed by atoms with Gasteiger partial charge in [0.15, 0.2) is 0 Å². The molecule has 18 heavy (non-hydrogen) atoms. The molecule has 1 heteroatoms. The summed E-state index contributed by atoms with van der Waals surface area (Å²) in [5.41, 5.74) is 2.59. The summed E-state index contributed by atoms with van der Waals surface area (Å²) in [5.74, 6) is 0.416. The first-order valence-corrected chi connectivity index (χ1v) is 7.06. The summed E-state index contributed by atoms with van der Waals surface area (Å²) < 4.78 is 0. The van der Waals surface area contributed by atoms with Crippen LogP contribution in [0.2, 0.25) is 0 Å². The van der Waals surface area contributed by atoms with Crippen molar-refractivity contribution in [3.8, 4) is 0 Å². The van der Waals surface area contributed by atoms with Crippen molar-refractivity contribution in [2.45, 2.75) is 46.1 Å². The zero-order valence-corrected chi connectivity index (χ0v) is 12.2. The second-order valence-corrected chi connectivity index (χ2v) is 5.04. The average molecular weight is 245 g/mol. The molecule has 0 aromatic carbocycles. The minimum absolute atomic E-state index is 0.416. The normalized spacial score (nSPS) is 22.5. The van der Waals surface area contributed by atoms with E-state index in [0.29, 0.717) is 12.0 Å². The first kappa shape index (κ1) is 14.8. The molecule has 1 fully saturated rings. The van der Waals surface area contributed by atoms with Crippen molar-refractivity contribution in [2.75, 3.05) is 6.54 Å². The van der Waals surface area contributed by atoms with E-state index >= 15 is 0 Å². The van der Waals surface area contributed by atoms with Gasteiger partial charge in [0.25, 0.3) is 0 Å². The Balaban J connectivity index is 2.90. The van der Waals surface area contributed by atoms with Crippen LogP contribution in [0.5, 0.6) is 0 Å². The second-order valence-electron chi connectivity index (χ2n) is 5.04. The van der Waals surface area contributed by atoms with Crippen LogP contribution in [-0.2, 0) is 0 Å². The van der Waals surface area contributed by atoms with Crippen LogP contribution in [0.3, 0.4) is 0 Å². The quantitative estimate of drug-likeness (QED) is 0.613. The van der Waals surface area contributed by atoms with Gasteiger partial charge in [-0.15, -0.1) is 0 Å². The maximum atomic E-state index is 4.36. The third-order valence-corrected chi connectivity index (χ3v) is 3.80. The molecule has 100 valence electrons. The SMILES string of the molecule is C=C/C=C(\C=C/C)C(CC)C(=C)N1CCC[C@H]1C. The summed E-state index contributed by atoms with van der Waals surface area (Å²) in [6.07, 6.45) is 11.9. The molecule has 2 atom stereocenters. The molecule has 1 nitrogen and oxygen atoms in total. The average Bonchev–Trinajstić information content (AvgIpc) is 2.77. The molecule has 0 N–H and O–H groups in total. The lowest BCUT2D eigenvalue weighted by atomic mass is 9.91. The van der Waals surface area contributed by atoms with Gasteiger partial charge in [0.05, 0.1) is 0 Å². The first-order chi connectivity index (χ1) is 8.65. The summed E-state index contributed by atoms with van der Waals surface area (Å²) in [6, 6.07) is 0.641. The van der Waals surface area contributed by atoms with Gasteiger partial charge in [-0.2, -0.15) is 0 Å². The third kappa shape index (κ3) is 3.38. The molecular formula is C17H27N. The number of rotatable bonds is 6. The fourth-order valence-electron chi connectivity index (χ4n) is 2.84. The molecule has 0 amide bonds. The van der Waals surface area contributed by atoms with E-state index in [0.717, 1.165) is 13.0 Å². The smallest absolute Gasteiger partial charge is 0.0259 e. The van der Waals surface area contributed by atoms with Gasteiger partial charge in [0, 0.05) is 24.2 Å². The highest BCUT2D eigenvalue weighted by molar-refractivity contribution is 5.31. The van der Waals surface area contributed by atoms with Crippen molar-refractivity contribution in [1.82, 2.24) is 4.90 Å². The summed E-state index contributed by atoms with van der Waals surface area (Å²) in [6.45, 7) is 15.9. The summed E-state index contributed by atoms with van der Waals surface area (Å²) in [7, 11) is 0. The van der Waals surface area contributed by atoms with Crippen LogP contribution in [0.15, 0.2) is 48.7 Å². The minimum Gasteiger partial charge on any atom is -0.372 e. The molecule has 0 saturated carbocycles. The monoisotopic (exact) mass is 245 g/mol. The van der Waals surface area contributed by atoms with E-state index in [-0.39, 0.29) is 0 Å². The molecule has 1 unspecified atom stereocenters. The van der Waals surface area contributed by atoms with Crippen LogP contribution in [0.25, 0.3) is 0 Å². The van der Waals surface area contributed by atoms with Gasteiger partial charge in [0.2, 0.25) is 0 Å². The van der Waals surface area contributed by atoms with Gasteiger partial charge >= 0.3 is 0 Å². The number of allylic oxidation sites excluding steroid dienone is 5. The number of nitrogens with zero attached hydrogens (tertiary/aromatic N) is 1.